The number of rotatable bonds is 3. The molecule has 0 fully saturated rings. The molecule has 0 aliphatic rings. The summed E-state index contributed by atoms with van der Waals surface area (Å²) in [5.74, 6) is 0.470. The second-order valence-corrected chi connectivity index (χ2v) is 4.99. The van der Waals surface area contributed by atoms with Gasteiger partial charge in [0.05, 0.1) is 0 Å². The van der Waals surface area contributed by atoms with Gasteiger partial charge in [0.25, 0.3) is 0 Å². The van der Waals surface area contributed by atoms with E-state index in [9.17, 15) is 4.79 Å². The van der Waals surface area contributed by atoms with Gasteiger partial charge in [-0.1, -0.05) is 60.7 Å². The first kappa shape index (κ1) is 14.1. The highest BCUT2D eigenvalue weighted by Crippen LogP contribution is 2.26. The molecule has 0 aromatic heterocycles. The van der Waals surface area contributed by atoms with Gasteiger partial charge in [-0.05, 0) is 29.8 Å². The fraction of sp³-hybridized carbons (Fsp3) is 0.105. The quantitative estimate of drug-likeness (QED) is 0.496. The summed E-state index contributed by atoms with van der Waals surface area (Å²) in [6, 6.07) is 22.9. The molecule has 3 aromatic rings. The lowest BCUT2D eigenvalue weighted by atomic mass is 10.0. The molecule has 0 amide bonds. The second kappa shape index (κ2) is 6.31. The van der Waals surface area contributed by atoms with E-state index in [1.165, 1.54) is 0 Å². The molecule has 22 heavy (non-hydrogen) atoms. The van der Waals surface area contributed by atoms with Crippen LogP contribution in [0.1, 0.15) is 18.6 Å². The van der Waals surface area contributed by atoms with E-state index in [4.69, 9.17) is 9.47 Å². The third-order valence-corrected chi connectivity index (χ3v) is 3.48. The average molecular weight is 292 g/mol. The SMILES string of the molecule is CC(OC(=O)Oc1ccccc1)c1cccc2ccccc12. The zero-order chi connectivity index (χ0) is 15.4. The van der Waals surface area contributed by atoms with Gasteiger partial charge in [-0.2, -0.15) is 0 Å². The van der Waals surface area contributed by atoms with Crippen molar-refractivity contribution in [3.05, 3.63) is 78.4 Å². The number of hydrogen-bond acceptors (Lipinski definition) is 3. The van der Waals surface area contributed by atoms with E-state index in [0.29, 0.717) is 5.75 Å². The van der Waals surface area contributed by atoms with Crippen molar-refractivity contribution in [2.45, 2.75) is 13.0 Å². The van der Waals surface area contributed by atoms with E-state index in [1.807, 2.05) is 55.5 Å². The summed E-state index contributed by atoms with van der Waals surface area (Å²) in [5.41, 5.74) is 0.961. The zero-order valence-corrected chi connectivity index (χ0v) is 12.2. The summed E-state index contributed by atoms with van der Waals surface area (Å²) in [4.78, 5) is 11.9. The van der Waals surface area contributed by atoms with Gasteiger partial charge >= 0.3 is 6.16 Å². The van der Waals surface area contributed by atoms with Gasteiger partial charge < -0.3 is 9.47 Å². The first-order valence-corrected chi connectivity index (χ1v) is 7.15. The van der Waals surface area contributed by atoms with Crippen molar-refractivity contribution < 1.29 is 14.3 Å². The Hall–Kier alpha value is -2.81. The van der Waals surface area contributed by atoms with Gasteiger partial charge in [-0.25, -0.2) is 4.79 Å². The zero-order valence-electron chi connectivity index (χ0n) is 12.2. The first-order valence-electron chi connectivity index (χ1n) is 7.15. The topological polar surface area (TPSA) is 35.5 Å². The van der Waals surface area contributed by atoms with Crippen LogP contribution in [0, 0.1) is 0 Å². The Kier molecular flexibility index (Phi) is 4.05. The first-order chi connectivity index (χ1) is 10.7. The lowest BCUT2D eigenvalue weighted by Crippen LogP contribution is -2.13. The molecule has 3 heteroatoms. The van der Waals surface area contributed by atoms with Gasteiger partial charge in [-0.3, -0.25) is 0 Å². The van der Waals surface area contributed by atoms with Crippen LogP contribution in [0.3, 0.4) is 0 Å². The fourth-order valence-electron chi connectivity index (χ4n) is 2.42. The van der Waals surface area contributed by atoms with Crippen LogP contribution >= 0.6 is 0 Å². The molecular weight excluding hydrogens is 276 g/mol. The highest BCUT2D eigenvalue weighted by atomic mass is 16.7. The van der Waals surface area contributed by atoms with Crippen molar-refractivity contribution in [2.75, 3.05) is 0 Å². The van der Waals surface area contributed by atoms with E-state index in [1.54, 1.807) is 24.3 Å². The predicted molar refractivity (Wildman–Crippen MR) is 85.9 cm³/mol. The van der Waals surface area contributed by atoms with Crippen molar-refractivity contribution in [3.63, 3.8) is 0 Å². The third kappa shape index (κ3) is 3.09. The third-order valence-electron chi connectivity index (χ3n) is 3.48. The van der Waals surface area contributed by atoms with Crippen LogP contribution in [0.25, 0.3) is 10.8 Å². The number of carbonyl (C=O) groups excluding carboxylic acids is 1. The minimum atomic E-state index is -0.702. The van der Waals surface area contributed by atoms with Crippen molar-refractivity contribution in [1.82, 2.24) is 0 Å². The van der Waals surface area contributed by atoms with Crippen LogP contribution in [0.5, 0.6) is 5.75 Å². The summed E-state index contributed by atoms with van der Waals surface area (Å²) < 4.78 is 10.5. The van der Waals surface area contributed by atoms with Crippen molar-refractivity contribution >= 4 is 16.9 Å². The second-order valence-electron chi connectivity index (χ2n) is 4.99. The van der Waals surface area contributed by atoms with Gasteiger partial charge in [0.1, 0.15) is 11.9 Å². The summed E-state index contributed by atoms with van der Waals surface area (Å²) in [6.45, 7) is 1.84. The largest absolute Gasteiger partial charge is 0.514 e. The summed E-state index contributed by atoms with van der Waals surface area (Å²) in [5, 5.41) is 2.19. The standard InChI is InChI=1S/C19H16O3/c1-14(21-19(20)22-16-10-3-2-4-11-16)17-13-7-9-15-8-5-6-12-18(15)17/h2-14H,1H3. The van der Waals surface area contributed by atoms with E-state index in [2.05, 4.69) is 0 Å². The molecule has 0 aliphatic carbocycles. The Balaban J connectivity index is 1.76. The van der Waals surface area contributed by atoms with E-state index >= 15 is 0 Å². The lowest BCUT2D eigenvalue weighted by Gasteiger charge is -2.15. The Labute approximate surface area is 129 Å². The minimum absolute atomic E-state index is 0.387. The van der Waals surface area contributed by atoms with Gasteiger partial charge in [0.2, 0.25) is 0 Å². The van der Waals surface area contributed by atoms with Crippen LogP contribution in [0.15, 0.2) is 72.8 Å². The summed E-state index contributed by atoms with van der Waals surface area (Å²) in [6.07, 6.45) is -1.09. The molecule has 3 aromatic carbocycles. The molecule has 3 nitrogen and oxygen atoms in total. The highest BCUT2D eigenvalue weighted by Gasteiger charge is 2.15. The maximum absolute atomic E-state index is 11.9. The van der Waals surface area contributed by atoms with Gasteiger partial charge in [0.15, 0.2) is 0 Å². The maximum Gasteiger partial charge on any atom is 0.514 e. The molecule has 3 rings (SSSR count). The van der Waals surface area contributed by atoms with E-state index in [0.717, 1.165) is 16.3 Å². The monoisotopic (exact) mass is 292 g/mol. The Morgan fingerprint density at radius 1 is 0.864 bits per heavy atom. The number of hydrogen-bond donors (Lipinski definition) is 0. The molecule has 0 radical (unpaired) electrons. The van der Waals surface area contributed by atoms with E-state index < -0.39 is 6.16 Å². The summed E-state index contributed by atoms with van der Waals surface area (Å²) in [7, 11) is 0. The Bertz CT molecular complexity index is 776. The average Bonchev–Trinajstić information content (AvgIpc) is 2.55. The molecule has 0 spiro atoms. The van der Waals surface area contributed by atoms with Crippen LogP contribution in [-0.4, -0.2) is 6.16 Å². The molecule has 0 bridgehead atoms. The van der Waals surface area contributed by atoms with Gasteiger partial charge in [-0.15, -0.1) is 0 Å². The molecular formula is C19H16O3. The molecule has 0 saturated heterocycles. The molecule has 1 unspecified atom stereocenters. The fourth-order valence-corrected chi connectivity index (χ4v) is 2.42. The molecule has 0 heterocycles. The molecule has 1 atom stereocenters. The molecule has 110 valence electrons. The Morgan fingerprint density at radius 2 is 1.55 bits per heavy atom. The van der Waals surface area contributed by atoms with Gasteiger partial charge in [0, 0.05) is 5.56 Å². The molecule has 0 aliphatic heterocycles. The number of fused-ring (bicyclic) bond motifs is 1. The predicted octanol–water partition coefficient (Wildman–Crippen LogP) is 5.12. The van der Waals surface area contributed by atoms with E-state index in [-0.39, 0.29) is 6.10 Å². The molecule has 0 saturated carbocycles. The smallest absolute Gasteiger partial charge is 0.426 e. The van der Waals surface area contributed by atoms with Crippen molar-refractivity contribution in [2.24, 2.45) is 0 Å². The van der Waals surface area contributed by atoms with Crippen LogP contribution in [0.2, 0.25) is 0 Å². The lowest BCUT2D eigenvalue weighted by molar-refractivity contribution is 0.0661. The maximum atomic E-state index is 11.9. The van der Waals surface area contributed by atoms with Crippen LogP contribution < -0.4 is 4.74 Å². The molecule has 0 N–H and O–H groups in total. The number of benzene rings is 3. The highest BCUT2D eigenvalue weighted by molar-refractivity contribution is 5.86. The van der Waals surface area contributed by atoms with Crippen molar-refractivity contribution in [3.8, 4) is 5.75 Å². The normalized spacial score (nSPS) is 11.9. The number of carbonyl (C=O) groups is 1. The summed E-state index contributed by atoms with van der Waals surface area (Å²) >= 11 is 0. The number of ether oxygens (including phenoxy) is 2. The van der Waals surface area contributed by atoms with Crippen LogP contribution in [0.4, 0.5) is 4.79 Å². The minimum Gasteiger partial charge on any atom is -0.426 e. The Morgan fingerprint density at radius 3 is 2.36 bits per heavy atom. The van der Waals surface area contributed by atoms with Crippen molar-refractivity contribution in [1.29, 1.82) is 0 Å². The number of para-hydroxylation sites is 1. The van der Waals surface area contributed by atoms with Crippen LogP contribution in [-0.2, 0) is 4.74 Å².